The largest absolute Gasteiger partial charge is 0.355 e. The summed E-state index contributed by atoms with van der Waals surface area (Å²) in [6.45, 7) is 4.65. The molecule has 0 aliphatic rings. The molecule has 0 unspecified atom stereocenters. The van der Waals surface area contributed by atoms with Crippen LogP contribution in [0.2, 0.25) is 0 Å². The second kappa shape index (κ2) is 8.44. The molecule has 0 fully saturated rings. The molecule has 8 heteroatoms. The van der Waals surface area contributed by atoms with Crippen LogP contribution >= 0.6 is 23.1 Å². The molecule has 3 aromatic rings. The third kappa shape index (κ3) is 4.58. The summed E-state index contributed by atoms with van der Waals surface area (Å²) < 4.78 is 1.72. The SMILES string of the molecule is Cc1nc2ncnn2c(C)c1CCC(=O)NCCSCc1ccsc1. The van der Waals surface area contributed by atoms with Gasteiger partial charge in [-0.25, -0.2) is 9.50 Å². The molecule has 0 bridgehead atoms. The van der Waals surface area contributed by atoms with Crippen molar-refractivity contribution in [1.29, 1.82) is 0 Å². The Hall–Kier alpha value is -1.93. The minimum atomic E-state index is 0.0774. The molecule has 3 rings (SSSR count). The number of thioether (sulfide) groups is 1. The molecule has 0 aromatic carbocycles. The Labute approximate surface area is 155 Å². The average molecular weight is 376 g/mol. The first-order chi connectivity index (χ1) is 12.1. The van der Waals surface area contributed by atoms with Crippen molar-refractivity contribution in [3.63, 3.8) is 0 Å². The molecule has 0 radical (unpaired) electrons. The van der Waals surface area contributed by atoms with Gasteiger partial charge in [-0.1, -0.05) is 0 Å². The van der Waals surface area contributed by atoms with E-state index in [2.05, 4.69) is 37.2 Å². The molecular weight excluding hydrogens is 354 g/mol. The molecule has 0 atom stereocenters. The van der Waals surface area contributed by atoms with E-state index in [1.165, 1.54) is 11.9 Å². The Bertz CT molecular complexity index is 844. The Morgan fingerprint density at radius 2 is 2.28 bits per heavy atom. The van der Waals surface area contributed by atoms with Gasteiger partial charge in [-0.15, -0.1) is 0 Å². The van der Waals surface area contributed by atoms with E-state index in [1.54, 1.807) is 15.9 Å². The van der Waals surface area contributed by atoms with Crippen LogP contribution in [0, 0.1) is 13.8 Å². The van der Waals surface area contributed by atoms with E-state index in [0.717, 1.165) is 28.5 Å². The topological polar surface area (TPSA) is 72.2 Å². The van der Waals surface area contributed by atoms with Crippen molar-refractivity contribution >= 4 is 34.8 Å². The molecule has 1 N–H and O–H groups in total. The van der Waals surface area contributed by atoms with E-state index >= 15 is 0 Å². The average Bonchev–Trinajstić information content (AvgIpc) is 3.25. The van der Waals surface area contributed by atoms with Gasteiger partial charge in [0.2, 0.25) is 5.91 Å². The molecule has 0 aliphatic carbocycles. The van der Waals surface area contributed by atoms with Crippen molar-refractivity contribution in [3.05, 3.63) is 45.7 Å². The molecule has 132 valence electrons. The van der Waals surface area contributed by atoms with E-state index in [1.807, 2.05) is 25.6 Å². The maximum absolute atomic E-state index is 12.1. The summed E-state index contributed by atoms with van der Waals surface area (Å²) >= 11 is 3.56. The standard InChI is InChI=1S/C17H21N5OS2/c1-12-15(13(2)22-17(21-12)19-11-20-22)3-4-16(23)18-6-8-25-10-14-5-7-24-9-14/h5,7,9,11H,3-4,6,8,10H2,1-2H3,(H,18,23). The Morgan fingerprint density at radius 1 is 1.40 bits per heavy atom. The smallest absolute Gasteiger partial charge is 0.252 e. The van der Waals surface area contributed by atoms with Crippen LogP contribution in [0.25, 0.3) is 5.78 Å². The molecule has 3 heterocycles. The number of aryl methyl sites for hydroxylation is 2. The molecule has 0 aliphatic heterocycles. The number of carbonyl (C=O) groups excluding carboxylic acids is 1. The molecular formula is C17H21N5OS2. The van der Waals surface area contributed by atoms with Crippen LogP contribution in [0.4, 0.5) is 0 Å². The van der Waals surface area contributed by atoms with Crippen LogP contribution in [0.1, 0.15) is 28.9 Å². The molecule has 0 spiro atoms. The number of aromatic nitrogens is 4. The fourth-order valence-corrected chi connectivity index (χ4v) is 4.25. The third-order valence-electron chi connectivity index (χ3n) is 4.01. The summed E-state index contributed by atoms with van der Waals surface area (Å²) in [7, 11) is 0. The number of hydrogen-bond donors (Lipinski definition) is 1. The highest BCUT2D eigenvalue weighted by atomic mass is 32.2. The fourth-order valence-electron chi connectivity index (χ4n) is 2.67. The number of carbonyl (C=O) groups is 1. The number of nitrogens with zero attached hydrogens (tertiary/aromatic N) is 4. The number of rotatable bonds is 8. The van der Waals surface area contributed by atoms with Crippen LogP contribution in [0.15, 0.2) is 23.2 Å². The van der Waals surface area contributed by atoms with Crippen LogP contribution in [0.5, 0.6) is 0 Å². The lowest BCUT2D eigenvalue weighted by molar-refractivity contribution is -0.120. The van der Waals surface area contributed by atoms with Gasteiger partial charge in [0.1, 0.15) is 6.33 Å². The van der Waals surface area contributed by atoms with Gasteiger partial charge in [0.05, 0.1) is 0 Å². The van der Waals surface area contributed by atoms with Crippen molar-refractivity contribution in [2.24, 2.45) is 0 Å². The molecule has 0 saturated carbocycles. The first kappa shape index (κ1) is 17.9. The van der Waals surface area contributed by atoms with E-state index in [9.17, 15) is 4.79 Å². The molecule has 3 aromatic heterocycles. The molecule has 0 saturated heterocycles. The van der Waals surface area contributed by atoms with E-state index in [0.29, 0.717) is 25.2 Å². The lowest BCUT2D eigenvalue weighted by atomic mass is 10.1. The summed E-state index contributed by atoms with van der Waals surface area (Å²) in [6, 6.07) is 2.14. The van der Waals surface area contributed by atoms with Crippen molar-refractivity contribution in [2.45, 2.75) is 32.4 Å². The highest BCUT2D eigenvalue weighted by Crippen LogP contribution is 2.15. The fraction of sp³-hybridized carbons (Fsp3) is 0.412. The minimum absolute atomic E-state index is 0.0774. The predicted octanol–water partition coefficient (Wildman–Crippen LogP) is 2.78. The van der Waals surface area contributed by atoms with Crippen LogP contribution in [-0.2, 0) is 17.0 Å². The molecule has 1 amide bonds. The number of hydrogen-bond acceptors (Lipinski definition) is 6. The third-order valence-corrected chi connectivity index (χ3v) is 5.77. The zero-order valence-corrected chi connectivity index (χ0v) is 16.0. The summed E-state index contributed by atoms with van der Waals surface area (Å²) in [6.07, 6.45) is 2.62. The van der Waals surface area contributed by atoms with Gasteiger partial charge in [0, 0.05) is 35.9 Å². The summed E-state index contributed by atoms with van der Waals surface area (Å²) in [5.74, 6) is 2.60. The van der Waals surface area contributed by atoms with Crippen molar-refractivity contribution in [1.82, 2.24) is 24.9 Å². The van der Waals surface area contributed by atoms with Gasteiger partial charge < -0.3 is 5.32 Å². The van der Waals surface area contributed by atoms with E-state index in [4.69, 9.17) is 0 Å². The lowest BCUT2D eigenvalue weighted by Gasteiger charge is -2.10. The zero-order chi connectivity index (χ0) is 17.6. The summed E-state index contributed by atoms with van der Waals surface area (Å²) in [4.78, 5) is 20.6. The Kier molecular flexibility index (Phi) is 6.04. The van der Waals surface area contributed by atoms with Gasteiger partial charge in [-0.05, 0) is 48.2 Å². The number of thiophene rings is 1. The van der Waals surface area contributed by atoms with Crippen LogP contribution < -0.4 is 5.32 Å². The first-order valence-electron chi connectivity index (χ1n) is 8.16. The van der Waals surface area contributed by atoms with Gasteiger partial charge in [-0.3, -0.25) is 4.79 Å². The Balaban J connectivity index is 1.43. The maximum atomic E-state index is 12.1. The second-order valence-electron chi connectivity index (χ2n) is 5.77. The monoisotopic (exact) mass is 375 g/mol. The predicted molar refractivity (Wildman–Crippen MR) is 102 cm³/mol. The number of nitrogens with one attached hydrogen (secondary N) is 1. The maximum Gasteiger partial charge on any atom is 0.252 e. The summed E-state index contributed by atoms with van der Waals surface area (Å²) in [5, 5.41) is 11.4. The Morgan fingerprint density at radius 3 is 3.08 bits per heavy atom. The molecule has 25 heavy (non-hydrogen) atoms. The quantitative estimate of drug-likeness (QED) is 0.613. The van der Waals surface area contributed by atoms with E-state index in [-0.39, 0.29) is 5.91 Å². The molecule has 6 nitrogen and oxygen atoms in total. The van der Waals surface area contributed by atoms with Crippen molar-refractivity contribution in [2.75, 3.05) is 12.3 Å². The number of amides is 1. The normalized spacial score (nSPS) is 11.1. The van der Waals surface area contributed by atoms with Gasteiger partial charge in [0.25, 0.3) is 5.78 Å². The van der Waals surface area contributed by atoms with Crippen LogP contribution in [-0.4, -0.2) is 37.8 Å². The van der Waals surface area contributed by atoms with Crippen LogP contribution in [0.3, 0.4) is 0 Å². The minimum Gasteiger partial charge on any atom is -0.355 e. The highest BCUT2D eigenvalue weighted by molar-refractivity contribution is 7.98. The lowest BCUT2D eigenvalue weighted by Crippen LogP contribution is -2.26. The first-order valence-corrected chi connectivity index (χ1v) is 10.3. The van der Waals surface area contributed by atoms with Crippen molar-refractivity contribution in [3.8, 4) is 0 Å². The van der Waals surface area contributed by atoms with Gasteiger partial charge in [0.15, 0.2) is 0 Å². The van der Waals surface area contributed by atoms with Gasteiger partial charge in [-0.2, -0.15) is 33.2 Å². The van der Waals surface area contributed by atoms with Gasteiger partial charge >= 0.3 is 0 Å². The van der Waals surface area contributed by atoms with Crippen molar-refractivity contribution < 1.29 is 4.79 Å². The number of fused-ring (bicyclic) bond motifs is 1. The second-order valence-corrected chi connectivity index (χ2v) is 7.65. The highest BCUT2D eigenvalue weighted by Gasteiger charge is 2.12. The zero-order valence-electron chi connectivity index (χ0n) is 14.4. The van der Waals surface area contributed by atoms with E-state index < -0.39 is 0 Å². The summed E-state index contributed by atoms with van der Waals surface area (Å²) in [5.41, 5.74) is 4.33.